The fraction of sp³-hybridized carbons (Fsp3) is 0.300. The van der Waals surface area contributed by atoms with E-state index in [0.717, 1.165) is 0 Å². The van der Waals surface area contributed by atoms with Crippen molar-refractivity contribution in [3.63, 3.8) is 0 Å². The average Bonchev–Trinajstić information content (AvgIpc) is 3.59. The third kappa shape index (κ3) is 4.47. The van der Waals surface area contributed by atoms with Crippen molar-refractivity contribution in [1.82, 2.24) is 0 Å². The Balaban J connectivity index is 1.65. The second-order valence-corrected chi connectivity index (χ2v) is 63.0. The van der Waals surface area contributed by atoms with Crippen molar-refractivity contribution in [2.75, 3.05) is 0 Å². The molecule has 6 rings (SSSR count). The van der Waals surface area contributed by atoms with Crippen molar-refractivity contribution >= 4 is 17.6 Å². The van der Waals surface area contributed by atoms with Gasteiger partial charge in [0.1, 0.15) is 0 Å². The van der Waals surface area contributed by atoms with Crippen LogP contribution >= 0.6 is 0 Å². The minimum atomic E-state index is -3.95. The van der Waals surface area contributed by atoms with Gasteiger partial charge in [-0.05, 0) is 0 Å². The molecule has 0 bridgehead atoms. The molecule has 0 amide bonds. The fourth-order valence-electron chi connectivity index (χ4n) is 8.32. The second-order valence-electron chi connectivity index (χ2n) is 14.4. The third-order valence-corrected chi connectivity index (χ3v) is 70.3. The van der Waals surface area contributed by atoms with Crippen LogP contribution in [0.25, 0.3) is 34.4 Å². The summed E-state index contributed by atoms with van der Waals surface area (Å²) >= 11 is -3.95. The first-order valence-corrected chi connectivity index (χ1v) is 35.1. The molecule has 2 atom stereocenters. The van der Waals surface area contributed by atoms with Crippen molar-refractivity contribution in [1.29, 1.82) is 0 Å². The Hall–Kier alpha value is -2.55. The second kappa shape index (κ2) is 10.9. The first kappa shape index (κ1) is 29.5. The van der Waals surface area contributed by atoms with E-state index >= 15 is 0 Å². The summed E-state index contributed by atoms with van der Waals surface area (Å²) in [7, 11) is 0. The predicted molar refractivity (Wildman–Crippen MR) is 184 cm³/mol. The summed E-state index contributed by atoms with van der Waals surface area (Å²) in [4.78, 5) is 0. The van der Waals surface area contributed by atoms with Gasteiger partial charge < -0.3 is 0 Å². The van der Waals surface area contributed by atoms with Gasteiger partial charge in [-0.3, -0.25) is 0 Å². The molecule has 4 aromatic rings. The topological polar surface area (TPSA) is 0 Å². The monoisotopic (exact) mass is 734 g/mol. The molecule has 0 nitrogen and oxygen atoms in total. The summed E-state index contributed by atoms with van der Waals surface area (Å²) in [6.07, 6.45) is 5.27. The van der Waals surface area contributed by atoms with E-state index in [4.69, 9.17) is 0 Å². The first-order chi connectivity index (χ1) is 20.0. The molecule has 0 heterocycles. The first-order valence-electron chi connectivity index (χ1n) is 15.8. The molecule has 42 heavy (non-hydrogen) atoms. The summed E-state index contributed by atoms with van der Waals surface area (Å²) in [6, 6.07) is 36.5. The molecule has 2 aliphatic rings. The Morgan fingerprint density at radius 1 is 0.524 bits per heavy atom. The molecule has 0 aliphatic heterocycles. The van der Waals surface area contributed by atoms with Crippen LogP contribution < -0.4 is 0 Å². The molecule has 2 unspecified atom stereocenters. The standard InChI is InChI=1S/2C18H17.C2H6Si.2CH3.Hf/c2*1-13(2)16-11-15-9-6-10-17(18(15)12-16)14-7-4-3-5-8-14;1-3-2;;;/h2*3-13H,1-2H3;1-2H3;2*1H3;. The molecule has 0 fully saturated rings. The van der Waals surface area contributed by atoms with Gasteiger partial charge in [-0.15, -0.1) is 0 Å². The van der Waals surface area contributed by atoms with Gasteiger partial charge in [-0.1, -0.05) is 0 Å². The van der Waals surface area contributed by atoms with Crippen LogP contribution in [0.15, 0.2) is 108 Å². The molecule has 0 radical (unpaired) electrons. The fourth-order valence-corrected chi connectivity index (χ4v) is 47.4. The number of hydrogen-bond donors (Lipinski definition) is 0. The Kier molecular flexibility index (Phi) is 7.63. The van der Waals surface area contributed by atoms with E-state index < -0.39 is 22.6 Å². The van der Waals surface area contributed by atoms with Gasteiger partial charge >= 0.3 is 257 Å². The van der Waals surface area contributed by atoms with E-state index in [1.165, 1.54) is 33.4 Å². The van der Waals surface area contributed by atoms with Crippen LogP contribution in [0.2, 0.25) is 22.5 Å². The summed E-state index contributed by atoms with van der Waals surface area (Å²) < 4.78 is 6.90. The minimum absolute atomic E-state index is 0.519. The molecule has 2 aliphatic carbocycles. The third-order valence-electron chi connectivity index (χ3n) is 11.0. The molecule has 0 saturated carbocycles. The van der Waals surface area contributed by atoms with E-state index in [0.29, 0.717) is 19.2 Å². The summed E-state index contributed by atoms with van der Waals surface area (Å²) in [5, 5.41) is 0. The molecule has 0 saturated heterocycles. The van der Waals surface area contributed by atoms with Crippen LogP contribution in [0.3, 0.4) is 0 Å². The zero-order valence-electron chi connectivity index (χ0n) is 26.7. The van der Waals surface area contributed by atoms with Crippen LogP contribution in [-0.4, -0.2) is 5.49 Å². The quantitative estimate of drug-likeness (QED) is 0.173. The Labute approximate surface area is 255 Å². The maximum absolute atomic E-state index is 3.95. The van der Waals surface area contributed by atoms with Crippen molar-refractivity contribution in [3.8, 4) is 22.3 Å². The predicted octanol–water partition coefficient (Wildman–Crippen LogP) is 11.9. The van der Waals surface area contributed by atoms with Gasteiger partial charge in [-0.25, -0.2) is 0 Å². The van der Waals surface area contributed by atoms with Crippen molar-refractivity contribution < 1.29 is 17.1 Å². The van der Waals surface area contributed by atoms with Crippen LogP contribution in [0.1, 0.15) is 57.3 Å². The summed E-state index contributed by atoms with van der Waals surface area (Å²) in [5.74, 6) is 1.04. The molecular formula is C40H46HfSi. The molecule has 0 aromatic heterocycles. The van der Waals surface area contributed by atoms with Crippen molar-refractivity contribution in [3.05, 3.63) is 130 Å². The van der Waals surface area contributed by atoms with Gasteiger partial charge in [0.05, 0.1) is 0 Å². The van der Waals surface area contributed by atoms with E-state index in [-0.39, 0.29) is 0 Å². The van der Waals surface area contributed by atoms with E-state index in [1.54, 1.807) is 22.3 Å². The summed E-state index contributed by atoms with van der Waals surface area (Å²) in [6.45, 7) is 15.1. The Morgan fingerprint density at radius 3 is 1.24 bits per heavy atom. The number of rotatable bonds is 6. The van der Waals surface area contributed by atoms with Gasteiger partial charge in [-0.2, -0.15) is 0 Å². The van der Waals surface area contributed by atoms with E-state index in [9.17, 15) is 0 Å². The van der Waals surface area contributed by atoms with Gasteiger partial charge in [0.25, 0.3) is 0 Å². The number of benzene rings is 4. The van der Waals surface area contributed by atoms with Crippen LogP contribution in [0, 0.1) is 11.8 Å². The normalized spacial score (nSPS) is 18.2. The van der Waals surface area contributed by atoms with Crippen molar-refractivity contribution in [2.45, 2.75) is 57.5 Å². The van der Waals surface area contributed by atoms with Crippen LogP contribution in [0.5, 0.6) is 0 Å². The molecule has 214 valence electrons. The molecule has 2 heteroatoms. The van der Waals surface area contributed by atoms with Gasteiger partial charge in [0, 0.05) is 0 Å². The molecular weight excluding hydrogens is 687 g/mol. The molecule has 0 N–H and O–H groups in total. The SMILES string of the molecule is CC(C)C1=Cc2c(-c3ccccc3)cccc2[CH]1[Hf]([CH3])([CH3])([CH]1C(C(C)C)=Cc2c(-c3ccccc3)cccc21)=[Si](C)C. The summed E-state index contributed by atoms with van der Waals surface area (Å²) in [5.41, 5.74) is 14.4. The number of allylic oxidation sites excluding steroid dienone is 2. The van der Waals surface area contributed by atoms with Crippen LogP contribution in [-0.2, 0) is 17.1 Å². The van der Waals surface area contributed by atoms with E-state index in [1.807, 2.05) is 0 Å². The Bertz CT molecular complexity index is 1670. The maximum atomic E-state index is 2.89. The number of fused-ring (bicyclic) bond motifs is 2. The van der Waals surface area contributed by atoms with Crippen LogP contribution in [0.4, 0.5) is 0 Å². The van der Waals surface area contributed by atoms with Crippen molar-refractivity contribution in [2.24, 2.45) is 11.8 Å². The van der Waals surface area contributed by atoms with E-state index in [2.05, 4.69) is 159 Å². The zero-order chi connectivity index (χ0) is 29.8. The Morgan fingerprint density at radius 2 is 0.905 bits per heavy atom. The molecule has 0 spiro atoms. The van der Waals surface area contributed by atoms with Gasteiger partial charge in [0.15, 0.2) is 0 Å². The molecule has 4 aromatic carbocycles. The number of hydrogen-bond acceptors (Lipinski definition) is 0. The average molecular weight is 733 g/mol. The zero-order valence-corrected chi connectivity index (χ0v) is 31.3. The van der Waals surface area contributed by atoms with Gasteiger partial charge in [0.2, 0.25) is 0 Å².